The fraction of sp³-hybridized carbons (Fsp3) is 0.0345. The van der Waals surface area contributed by atoms with E-state index in [0.717, 1.165) is 33.6 Å². The molecular weight excluding hydrogens is 588 g/mol. The summed E-state index contributed by atoms with van der Waals surface area (Å²) in [5.41, 5.74) is 6.49. The molecule has 0 atom stereocenters. The zero-order valence-corrected chi connectivity index (χ0v) is 20.4. The number of benzene rings is 3. The van der Waals surface area contributed by atoms with E-state index >= 15 is 0 Å². The Morgan fingerprint density at radius 3 is 1.88 bits per heavy atom. The minimum atomic E-state index is -0.181. The number of halogens is 1. The van der Waals surface area contributed by atoms with E-state index in [1.54, 1.807) is 25.4 Å². The maximum Gasteiger partial charge on any atom is 0.126 e. The van der Waals surface area contributed by atoms with Crippen LogP contribution in [0.3, 0.4) is 0 Å². The summed E-state index contributed by atoms with van der Waals surface area (Å²) in [6.45, 7) is 1.77. The SMILES string of the molecule is Cc1cc(-c2ccnc(-c3[c-]cccc3)c2)ccc1F.[Ir].[c-]1ccccc1-c1ccccn1. The molecule has 0 aliphatic carbocycles. The molecule has 2 heterocycles. The van der Waals surface area contributed by atoms with Crippen LogP contribution in [0, 0.1) is 24.9 Å². The van der Waals surface area contributed by atoms with E-state index in [-0.39, 0.29) is 25.9 Å². The first-order valence-electron chi connectivity index (χ1n) is 10.3. The maximum absolute atomic E-state index is 13.3. The third-order valence-corrected chi connectivity index (χ3v) is 4.89. The number of pyridine rings is 2. The molecular formula is C29H21FIrN2-2. The van der Waals surface area contributed by atoms with Gasteiger partial charge in [0.1, 0.15) is 5.82 Å². The molecule has 5 rings (SSSR count). The van der Waals surface area contributed by atoms with Crippen molar-refractivity contribution in [3.05, 3.63) is 133 Å². The number of nitrogens with zero attached hydrogens (tertiary/aromatic N) is 2. The van der Waals surface area contributed by atoms with Gasteiger partial charge in [0.15, 0.2) is 0 Å². The second-order valence-corrected chi connectivity index (χ2v) is 7.16. The zero-order valence-electron chi connectivity index (χ0n) is 18.0. The fourth-order valence-electron chi connectivity index (χ4n) is 3.21. The fourth-order valence-corrected chi connectivity index (χ4v) is 3.21. The molecule has 5 aromatic rings. The van der Waals surface area contributed by atoms with Crippen LogP contribution in [0.15, 0.2) is 109 Å². The van der Waals surface area contributed by atoms with Gasteiger partial charge in [-0.05, 0) is 59.3 Å². The Morgan fingerprint density at radius 2 is 1.27 bits per heavy atom. The van der Waals surface area contributed by atoms with Crippen molar-refractivity contribution >= 4 is 0 Å². The van der Waals surface area contributed by atoms with Crippen LogP contribution in [0.5, 0.6) is 0 Å². The molecule has 0 N–H and O–H groups in total. The Bertz CT molecular complexity index is 1240. The van der Waals surface area contributed by atoms with Crippen LogP contribution in [0.1, 0.15) is 5.56 Å². The molecule has 2 nitrogen and oxygen atoms in total. The van der Waals surface area contributed by atoms with Gasteiger partial charge in [-0.25, -0.2) is 4.39 Å². The molecule has 1 radical (unpaired) electrons. The van der Waals surface area contributed by atoms with Gasteiger partial charge in [-0.2, -0.15) is 0 Å². The summed E-state index contributed by atoms with van der Waals surface area (Å²) >= 11 is 0. The summed E-state index contributed by atoms with van der Waals surface area (Å²) in [4.78, 5) is 8.59. The Morgan fingerprint density at radius 1 is 0.636 bits per heavy atom. The molecule has 0 unspecified atom stereocenters. The standard InChI is InChI=1S/C18H13FN.C11H8N.Ir/c1-13-11-15(7-8-17(13)19)16-9-10-20-18(12-16)14-5-3-2-4-6-14;1-2-6-10(7-3-1)11-8-4-5-9-12-11;/h2-5,7-12H,1H3;1-6,8-9H;/q2*-1;. The first-order chi connectivity index (χ1) is 15.7. The van der Waals surface area contributed by atoms with Gasteiger partial charge in [0.2, 0.25) is 0 Å². The third kappa shape index (κ3) is 6.52. The quantitative estimate of drug-likeness (QED) is 0.202. The molecule has 0 bridgehead atoms. The van der Waals surface area contributed by atoms with Crippen molar-refractivity contribution in [1.82, 2.24) is 9.97 Å². The molecule has 4 heteroatoms. The minimum absolute atomic E-state index is 0. The summed E-state index contributed by atoms with van der Waals surface area (Å²) in [5.74, 6) is -0.181. The van der Waals surface area contributed by atoms with Crippen molar-refractivity contribution in [2.75, 3.05) is 0 Å². The Balaban J connectivity index is 0.000000202. The van der Waals surface area contributed by atoms with Gasteiger partial charge in [-0.3, -0.25) is 0 Å². The van der Waals surface area contributed by atoms with Gasteiger partial charge < -0.3 is 9.97 Å². The molecule has 3 aromatic carbocycles. The largest absolute Gasteiger partial charge is 0.305 e. The summed E-state index contributed by atoms with van der Waals surface area (Å²) in [6, 6.07) is 36.8. The zero-order chi connectivity index (χ0) is 22.2. The van der Waals surface area contributed by atoms with Crippen LogP contribution >= 0.6 is 0 Å². The van der Waals surface area contributed by atoms with Crippen LogP contribution in [0.25, 0.3) is 33.6 Å². The summed E-state index contributed by atoms with van der Waals surface area (Å²) in [6.07, 6.45) is 3.56. The number of hydrogen-bond acceptors (Lipinski definition) is 2. The van der Waals surface area contributed by atoms with Crippen molar-refractivity contribution in [3.8, 4) is 33.6 Å². The van der Waals surface area contributed by atoms with Crippen LogP contribution in [-0.2, 0) is 20.1 Å². The molecule has 0 saturated heterocycles. The molecule has 165 valence electrons. The van der Waals surface area contributed by atoms with Crippen molar-refractivity contribution in [2.24, 2.45) is 0 Å². The van der Waals surface area contributed by atoms with Crippen LogP contribution in [0.4, 0.5) is 4.39 Å². The van der Waals surface area contributed by atoms with Crippen LogP contribution < -0.4 is 0 Å². The van der Waals surface area contributed by atoms with Crippen LogP contribution in [0.2, 0.25) is 0 Å². The van der Waals surface area contributed by atoms with E-state index < -0.39 is 0 Å². The van der Waals surface area contributed by atoms with E-state index in [0.29, 0.717) is 5.56 Å². The first kappa shape index (κ1) is 24.2. The van der Waals surface area contributed by atoms with Gasteiger partial charge in [-0.15, -0.1) is 71.8 Å². The summed E-state index contributed by atoms with van der Waals surface area (Å²) < 4.78 is 13.3. The van der Waals surface area contributed by atoms with Gasteiger partial charge in [0.25, 0.3) is 0 Å². The second kappa shape index (κ2) is 12.0. The van der Waals surface area contributed by atoms with Gasteiger partial charge >= 0.3 is 0 Å². The summed E-state index contributed by atoms with van der Waals surface area (Å²) in [7, 11) is 0. The van der Waals surface area contributed by atoms with Gasteiger partial charge in [0.05, 0.1) is 0 Å². The van der Waals surface area contributed by atoms with Crippen molar-refractivity contribution < 1.29 is 24.5 Å². The van der Waals surface area contributed by atoms with E-state index in [9.17, 15) is 4.39 Å². The monoisotopic (exact) mass is 609 g/mol. The Kier molecular flexibility index (Phi) is 8.77. The normalized spacial score (nSPS) is 9.88. The second-order valence-electron chi connectivity index (χ2n) is 7.16. The third-order valence-electron chi connectivity index (χ3n) is 4.89. The Hall–Kier alpha value is -3.46. The van der Waals surface area contributed by atoms with Gasteiger partial charge in [0, 0.05) is 32.5 Å². The Labute approximate surface area is 207 Å². The topological polar surface area (TPSA) is 25.8 Å². The number of aryl methyl sites for hydroxylation is 1. The summed E-state index contributed by atoms with van der Waals surface area (Å²) in [5, 5.41) is 0. The predicted octanol–water partition coefficient (Wildman–Crippen LogP) is 7.21. The number of hydrogen-bond donors (Lipinski definition) is 0. The average molecular weight is 609 g/mol. The van der Waals surface area contributed by atoms with E-state index in [4.69, 9.17) is 0 Å². The molecule has 0 amide bonds. The molecule has 0 saturated carbocycles. The molecule has 33 heavy (non-hydrogen) atoms. The average Bonchev–Trinajstić information content (AvgIpc) is 2.88. The van der Waals surface area contributed by atoms with E-state index in [1.165, 1.54) is 6.07 Å². The number of rotatable bonds is 3. The van der Waals surface area contributed by atoms with E-state index in [1.807, 2.05) is 84.9 Å². The molecule has 0 fully saturated rings. The smallest absolute Gasteiger partial charge is 0.126 e. The maximum atomic E-state index is 13.3. The van der Waals surface area contributed by atoms with Crippen LogP contribution in [-0.4, -0.2) is 9.97 Å². The molecule has 2 aromatic heterocycles. The predicted molar refractivity (Wildman–Crippen MR) is 127 cm³/mol. The molecule has 0 spiro atoms. The van der Waals surface area contributed by atoms with Crippen molar-refractivity contribution in [3.63, 3.8) is 0 Å². The minimum Gasteiger partial charge on any atom is -0.305 e. The first-order valence-corrected chi connectivity index (χ1v) is 10.3. The van der Waals surface area contributed by atoms with Gasteiger partial charge in [-0.1, -0.05) is 24.3 Å². The molecule has 0 aliphatic rings. The van der Waals surface area contributed by atoms with E-state index in [2.05, 4.69) is 22.1 Å². The van der Waals surface area contributed by atoms with Crippen molar-refractivity contribution in [1.29, 1.82) is 0 Å². The molecule has 0 aliphatic heterocycles. The number of aromatic nitrogens is 2. The van der Waals surface area contributed by atoms with Crippen molar-refractivity contribution in [2.45, 2.75) is 6.92 Å².